The molecule has 0 unspecified atom stereocenters. The van der Waals surface area contributed by atoms with Crippen LogP contribution in [0.5, 0.6) is 0 Å². The predicted molar refractivity (Wildman–Crippen MR) is 36.4 cm³/mol. The molecule has 0 saturated heterocycles. The van der Waals surface area contributed by atoms with Gasteiger partial charge in [0, 0.05) is 0 Å². The van der Waals surface area contributed by atoms with Gasteiger partial charge in [0.05, 0.1) is 0 Å². The fraction of sp³-hybridized carbons (Fsp3) is 0.125. The van der Waals surface area contributed by atoms with E-state index in [0.29, 0.717) is 0 Å². The molecule has 0 aliphatic carbocycles. The number of benzene rings is 1. The summed E-state index contributed by atoms with van der Waals surface area (Å²) in [6, 6.07) is 10.9. The van der Waals surface area contributed by atoms with Gasteiger partial charge in [0.15, 0.2) is 0 Å². The molecule has 1 aromatic carbocycles. The summed E-state index contributed by atoms with van der Waals surface area (Å²) in [6.07, 6.45) is 0. The Kier molecular flexibility index (Phi) is 9.70. The Morgan fingerprint density at radius 3 is 2.22 bits per heavy atom. The standard InChI is InChI=1S/C7H7.CH3.K/c1-7-5-3-2-4-6-7;;/h2-5H,1H3;1H3;/q2*-1;+1. The van der Waals surface area contributed by atoms with Crippen molar-refractivity contribution in [2.45, 2.75) is 6.92 Å². The molecule has 0 aliphatic heterocycles. The fourth-order valence-electron chi connectivity index (χ4n) is 0.483. The maximum Gasteiger partial charge on any atom is 1.00 e. The number of rotatable bonds is 0. The first-order valence-electron chi connectivity index (χ1n) is 2.33. The van der Waals surface area contributed by atoms with E-state index >= 15 is 0 Å². The summed E-state index contributed by atoms with van der Waals surface area (Å²) in [5.41, 5.74) is 1.20. The van der Waals surface area contributed by atoms with E-state index in [0.717, 1.165) is 0 Å². The van der Waals surface area contributed by atoms with Gasteiger partial charge in [-0.1, -0.05) is 6.92 Å². The van der Waals surface area contributed by atoms with Crippen molar-refractivity contribution >= 4 is 0 Å². The summed E-state index contributed by atoms with van der Waals surface area (Å²) in [7, 11) is 0. The first kappa shape index (κ1) is 12.5. The summed E-state index contributed by atoms with van der Waals surface area (Å²) >= 11 is 0. The molecule has 1 rings (SSSR count). The molecule has 9 heavy (non-hydrogen) atoms. The summed E-state index contributed by atoms with van der Waals surface area (Å²) < 4.78 is 0. The van der Waals surface area contributed by atoms with Crippen molar-refractivity contribution in [2.24, 2.45) is 0 Å². The summed E-state index contributed by atoms with van der Waals surface area (Å²) in [4.78, 5) is 0. The predicted octanol–water partition coefficient (Wildman–Crippen LogP) is -0.750. The number of hydrogen-bond acceptors (Lipinski definition) is 0. The minimum absolute atomic E-state index is 0. The molecule has 0 nitrogen and oxygen atoms in total. The molecule has 0 radical (unpaired) electrons. The monoisotopic (exact) mass is 145 g/mol. The summed E-state index contributed by atoms with van der Waals surface area (Å²) in [5, 5.41) is 0. The number of aryl methyl sites for hydroxylation is 1. The van der Waals surface area contributed by atoms with Gasteiger partial charge in [-0.25, -0.2) is 0 Å². The molecule has 0 N–H and O–H groups in total. The van der Waals surface area contributed by atoms with Gasteiger partial charge in [-0.2, -0.15) is 35.9 Å². The SMILES string of the molecule is Cc1[c-]cccc1.[CH3-].[K+]. The molecule has 0 aromatic heterocycles. The molecule has 0 heterocycles. The molecule has 0 bridgehead atoms. The van der Waals surface area contributed by atoms with Crippen LogP contribution in [-0.4, -0.2) is 0 Å². The Balaban J connectivity index is 0. The second-order valence-electron chi connectivity index (χ2n) is 1.55. The number of hydrogen-bond donors (Lipinski definition) is 0. The van der Waals surface area contributed by atoms with Gasteiger partial charge in [-0.05, 0) is 0 Å². The fourth-order valence-corrected chi connectivity index (χ4v) is 0.483. The van der Waals surface area contributed by atoms with Crippen molar-refractivity contribution < 1.29 is 51.4 Å². The van der Waals surface area contributed by atoms with Crippen LogP contribution < -0.4 is 51.4 Å². The zero-order valence-corrected chi connectivity index (χ0v) is 9.43. The normalized spacial score (nSPS) is 6.78. The average Bonchev–Trinajstić information content (AvgIpc) is 1.69. The molecule has 0 fully saturated rings. The molecule has 1 heteroatoms. The molecular formula is C8H10K-. The third-order valence-corrected chi connectivity index (χ3v) is 0.865. The third-order valence-electron chi connectivity index (χ3n) is 0.865. The van der Waals surface area contributed by atoms with Crippen LogP contribution in [0.25, 0.3) is 0 Å². The minimum Gasteiger partial charge on any atom is -0.358 e. The Labute approximate surface area is 100 Å². The van der Waals surface area contributed by atoms with E-state index in [4.69, 9.17) is 0 Å². The van der Waals surface area contributed by atoms with Gasteiger partial charge in [0.2, 0.25) is 0 Å². The van der Waals surface area contributed by atoms with Crippen molar-refractivity contribution in [3.05, 3.63) is 43.3 Å². The van der Waals surface area contributed by atoms with E-state index in [1.807, 2.05) is 31.2 Å². The van der Waals surface area contributed by atoms with Gasteiger partial charge in [0.1, 0.15) is 0 Å². The summed E-state index contributed by atoms with van der Waals surface area (Å²) in [5.74, 6) is 0. The first-order chi connectivity index (χ1) is 3.39. The van der Waals surface area contributed by atoms with Crippen LogP contribution in [0.3, 0.4) is 0 Å². The van der Waals surface area contributed by atoms with Gasteiger partial charge >= 0.3 is 51.4 Å². The van der Waals surface area contributed by atoms with Crippen LogP contribution in [0.1, 0.15) is 5.56 Å². The van der Waals surface area contributed by atoms with Crippen molar-refractivity contribution in [3.63, 3.8) is 0 Å². The van der Waals surface area contributed by atoms with Crippen molar-refractivity contribution in [3.8, 4) is 0 Å². The second kappa shape index (κ2) is 6.97. The smallest absolute Gasteiger partial charge is 0.358 e. The Morgan fingerprint density at radius 2 is 2.00 bits per heavy atom. The minimum atomic E-state index is 0. The Morgan fingerprint density at radius 1 is 1.33 bits per heavy atom. The molecule has 0 atom stereocenters. The Bertz CT molecular complexity index is 134. The molecule has 44 valence electrons. The third kappa shape index (κ3) is 5.31. The van der Waals surface area contributed by atoms with Crippen LogP contribution in [-0.2, 0) is 0 Å². The van der Waals surface area contributed by atoms with Crippen LogP contribution >= 0.6 is 0 Å². The molecule has 0 spiro atoms. The van der Waals surface area contributed by atoms with Gasteiger partial charge in [-0.15, -0.1) is 0 Å². The van der Waals surface area contributed by atoms with E-state index < -0.39 is 0 Å². The largest absolute Gasteiger partial charge is 1.00 e. The van der Waals surface area contributed by atoms with Crippen molar-refractivity contribution in [1.29, 1.82) is 0 Å². The van der Waals surface area contributed by atoms with Gasteiger partial charge < -0.3 is 7.43 Å². The average molecular weight is 145 g/mol. The maximum absolute atomic E-state index is 3.03. The maximum atomic E-state index is 3.03. The van der Waals surface area contributed by atoms with Crippen molar-refractivity contribution in [1.82, 2.24) is 0 Å². The second-order valence-corrected chi connectivity index (χ2v) is 1.55. The summed E-state index contributed by atoms with van der Waals surface area (Å²) in [6.45, 7) is 2.03. The van der Waals surface area contributed by atoms with Crippen LogP contribution in [0.2, 0.25) is 0 Å². The van der Waals surface area contributed by atoms with Crippen molar-refractivity contribution in [2.75, 3.05) is 0 Å². The van der Waals surface area contributed by atoms with E-state index in [9.17, 15) is 0 Å². The first-order valence-corrected chi connectivity index (χ1v) is 2.33. The zero-order valence-electron chi connectivity index (χ0n) is 6.31. The van der Waals surface area contributed by atoms with E-state index in [2.05, 4.69) is 6.07 Å². The molecule has 0 saturated carbocycles. The quantitative estimate of drug-likeness (QED) is 0.333. The van der Waals surface area contributed by atoms with Crippen LogP contribution in [0, 0.1) is 20.4 Å². The van der Waals surface area contributed by atoms with Crippen LogP contribution in [0.4, 0.5) is 0 Å². The molecule has 0 amide bonds. The molecule has 0 aliphatic rings. The van der Waals surface area contributed by atoms with Gasteiger partial charge in [-0.3, -0.25) is 0 Å². The van der Waals surface area contributed by atoms with Crippen LogP contribution in [0.15, 0.2) is 24.3 Å². The van der Waals surface area contributed by atoms with E-state index in [1.165, 1.54) is 5.56 Å². The van der Waals surface area contributed by atoms with E-state index in [1.54, 1.807) is 0 Å². The van der Waals surface area contributed by atoms with Gasteiger partial charge in [0.25, 0.3) is 0 Å². The molecular weight excluding hydrogens is 135 g/mol. The molecule has 1 aromatic rings. The van der Waals surface area contributed by atoms with E-state index in [-0.39, 0.29) is 58.8 Å². The zero-order chi connectivity index (χ0) is 5.11. The topological polar surface area (TPSA) is 0 Å². The Hall–Kier alpha value is 0.856.